The molecule has 2 aromatic rings. The third-order valence-corrected chi connectivity index (χ3v) is 3.87. The van der Waals surface area contributed by atoms with Crippen molar-refractivity contribution < 1.29 is 5.11 Å². The summed E-state index contributed by atoms with van der Waals surface area (Å²) in [6.07, 6.45) is 3.52. The lowest BCUT2D eigenvalue weighted by atomic mass is 10.1. The van der Waals surface area contributed by atoms with Crippen LogP contribution in [0.2, 0.25) is 4.34 Å². The highest BCUT2D eigenvalue weighted by Gasteiger charge is 2.15. The number of rotatable bonds is 4. The van der Waals surface area contributed by atoms with Crippen molar-refractivity contribution >= 4 is 22.9 Å². The van der Waals surface area contributed by atoms with Crippen molar-refractivity contribution in [3.63, 3.8) is 0 Å². The molecule has 0 saturated carbocycles. The van der Waals surface area contributed by atoms with Crippen molar-refractivity contribution in [2.24, 2.45) is 0 Å². The topological polar surface area (TPSA) is 38.0 Å². The van der Waals surface area contributed by atoms with Gasteiger partial charge in [0, 0.05) is 17.3 Å². The molecule has 0 aromatic carbocycles. The van der Waals surface area contributed by atoms with E-state index in [2.05, 4.69) is 18.8 Å². The zero-order valence-corrected chi connectivity index (χ0v) is 11.4. The number of halogens is 1. The largest absolute Gasteiger partial charge is 0.386 e. The van der Waals surface area contributed by atoms with Gasteiger partial charge in [-0.05, 0) is 26.0 Å². The van der Waals surface area contributed by atoms with Gasteiger partial charge in [-0.1, -0.05) is 11.6 Å². The zero-order valence-electron chi connectivity index (χ0n) is 9.80. The molecule has 0 bridgehead atoms. The van der Waals surface area contributed by atoms with Crippen molar-refractivity contribution in [3.05, 3.63) is 39.6 Å². The summed E-state index contributed by atoms with van der Waals surface area (Å²) in [7, 11) is 0. The average Bonchev–Trinajstić information content (AvgIpc) is 2.86. The molecule has 1 N–H and O–H groups in total. The highest BCUT2D eigenvalue weighted by molar-refractivity contribution is 7.16. The Labute approximate surface area is 110 Å². The van der Waals surface area contributed by atoms with Crippen molar-refractivity contribution in [2.45, 2.75) is 32.4 Å². The fourth-order valence-electron chi connectivity index (χ4n) is 1.76. The minimum Gasteiger partial charge on any atom is -0.386 e. The van der Waals surface area contributed by atoms with E-state index in [9.17, 15) is 5.11 Å². The molecule has 5 heteroatoms. The molecule has 92 valence electrons. The Balaban J connectivity index is 2.14. The van der Waals surface area contributed by atoms with E-state index in [1.54, 1.807) is 12.5 Å². The lowest BCUT2D eigenvalue weighted by molar-refractivity contribution is 0.168. The quantitative estimate of drug-likeness (QED) is 0.924. The summed E-state index contributed by atoms with van der Waals surface area (Å²) >= 11 is 7.37. The van der Waals surface area contributed by atoms with Gasteiger partial charge in [0.05, 0.1) is 22.6 Å². The predicted molar refractivity (Wildman–Crippen MR) is 70.6 cm³/mol. The SMILES string of the molecule is CC(C)n1cncc1C(O)Cc1ccc(Cl)s1. The fraction of sp³-hybridized carbons (Fsp3) is 0.417. The molecule has 0 amide bonds. The molecule has 17 heavy (non-hydrogen) atoms. The molecule has 2 rings (SSSR count). The molecule has 0 aliphatic rings. The summed E-state index contributed by atoms with van der Waals surface area (Å²) in [6.45, 7) is 4.14. The number of thiophene rings is 1. The lowest BCUT2D eigenvalue weighted by Gasteiger charge is -2.15. The van der Waals surface area contributed by atoms with Crippen LogP contribution in [0.5, 0.6) is 0 Å². The van der Waals surface area contributed by atoms with Crippen LogP contribution in [0.3, 0.4) is 0 Å². The normalized spacial score (nSPS) is 13.2. The highest BCUT2D eigenvalue weighted by atomic mass is 35.5. The van der Waals surface area contributed by atoms with Gasteiger partial charge in [-0.25, -0.2) is 4.98 Å². The number of aliphatic hydroxyl groups is 1. The van der Waals surface area contributed by atoms with Gasteiger partial charge >= 0.3 is 0 Å². The minimum absolute atomic E-state index is 0.300. The average molecular weight is 271 g/mol. The third-order valence-electron chi connectivity index (χ3n) is 2.62. The van der Waals surface area contributed by atoms with Gasteiger partial charge in [-0.15, -0.1) is 11.3 Å². The first-order valence-corrected chi connectivity index (χ1v) is 6.71. The van der Waals surface area contributed by atoms with Crippen LogP contribution in [0.1, 0.15) is 36.6 Å². The number of hydrogen-bond acceptors (Lipinski definition) is 3. The van der Waals surface area contributed by atoms with Gasteiger partial charge < -0.3 is 9.67 Å². The number of hydrogen-bond donors (Lipinski definition) is 1. The van der Waals surface area contributed by atoms with E-state index < -0.39 is 6.10 Å². The van der Waals surface area contributed by atoms with Crippen LogP contribution in [-0.2, 0) is 6.42 Å². The maximum Gasteiger partial charge on any atom is 0.100 e. The van der Waals surface area contributed by atoms with E-state index in [1.165, 1.54) is 11.3 Å². The second-order valence-electron chi connectivity index (χ2n) is 4.25. The van der Waals surface area contributed by atoms with Crippen LogP contribution in [0.15, 0.2) is 24.7 Å². The fourth-order valence-corrected chi connectivity index (χ4v) is 2.89. The molecule has 0 fully saturated rings. The number of aliphatic hydroxyl groups excluding tert-OH is 1. The van der Waals surface area contributed by atoms with E-state index in [4.69, 9.17) is 11.6 Å². The van der Waals surface area contributed by atoms with E-state index in [-0.39, 0.29) is 0 Å². The number of nitrogens with zero attached hydrogens (tertiary/aromatic N) is 2. The van der Waals surface area contributed by atoms with Crippen LogP contribution in [0.25, 0.3) is 0 Å². The van der Waals surface area contributed by atoms with Crippen LogP contribution in [0, 0.1) is 0 Å². The Kier molecular flexibility index (Phi) is 3.86. The van der Waals surface area contributed by atoms with E-state index in [0.29, 0.717) is 12.5 Å². The molecular weight excluding hydrogens is 256 g/mol. The second-order valence-corrected chi connectivity index (χ2v) is 6.04. The maximum absolute atomic E-state index is 10.2. The van der Waals surface area contributed by atoms with Gasteiger partial charge in [0.1, 0.15) is 6.10 Å². The molecular formula is C12H15ClN2OS. The molecule has 3 nitrogen and oxygen atoms in total. The number of aromatic nitrogens is 2. The Hall–Kier alpha value is -0.840. The Morgan fingerprint density at radius 1 is 1.47 bits per heavy atom. The summed E-state index contributed by atoms with van der Waals surface area (Å²) in [5.41, 5.74) is 0.851. The van der Waals surface area contributed by atoms with E-state index in [1.807, 2.05) is 16.7 Å². The molecule has 2 heterocycles. The van der Waals surface area contributed by atoms with Gasteiger partial charge in [-0.3, -0.25) is 0 Å². The zero-order chi connectivity index (χ0) is 12.4. The summed E-state index contributed by atoms with van der Waals surface area (Å²) in [5.74, 6) is 0. The smallest absolute Gasteiger partial charge is 0.100 e. The molecule has 0 aliphatic carbocycles. The molecule has 0 spiro atoms. The summed E-state index contributed by atoms with van der Waals surface area (Å²) in [5, 5.41) is 10.2. The lowest BCUT2D eigenvalue weighted by Crippen LogP contribution is -2.10. The molecule has 0 aliphatic heterocycles. The van der Waals surface area contributed by atoms with Crippen molar-refractivity contribution in [3.8, 4) is 0 Å². The Bertz CT molecular complexity index is 492. The van der Waals surface area contributed by atoms with Crippen molar-refractivity contribution in [2.75, 3.05) is 0 Å². The first kappa shape index (κ1) is 12.6. The predicted octanol–water partition coefficient (Wildman–Crippen LogP) is 3.46. The van der Waals surface area contributed by atoms with Crippen LogP contribution in [-0.4, -0.2) is 14.7 Å². The van der Waals surface area contributed by atoms with Crippen LogP contribution in [0.4, 0.5) is 0 Å². The first-order valence-electron chi connectivity index (χ1n) is 5.52. The Morgan fingerprint density at radius 2 is 2.24 bits per heavy atom. The first-order chi connectivity index (χ1) is 8.08. The summed E-state index contributed by atoms with van der Waals surface area (Å²) in [4.78, 5) is 5.17. The number of imidazole rings is 1. The monoisotopic (exact) mass is 270 g/mol. The van der Waals surface area contributed by atoms with Crippen molar-refractivity contribution in [1.29, 1.82) is 0 Å². The summed E-state index contributed by atoms with van der Waals surface area (Å²) in [6, 6.07) is 4.11. The van der Waals surface area contributed by atoms with E-state index >= 15 is 0 Å². The molecule has 1 unspecified atom stereocenters. The highest BCUT2D eigenvalue weighted by Crippen LogP contribution is 2.27. The van der Waals surface area contributed by atoms with Crippen LogP contribution < -0.4 is 0 Å². The maximum atomic E-state index is 10.2. The second kappa shape index (κ2) is 5.21. The van der Waals surface area contributed by atoms with E-state index in [0.717, 1.165) is 14.9 Å². The van der Waals surface area contributed by atoms with Gasteiger partial charge in [0.2, 0.25) is 0 Å². The molecule has 0 radical (unpaired) electrons. The van der Waals surface area contributed by atoms with Crippen LogP contribution >= 0.6 is 22.9 Å². The molecule has 2 aromatic heterocycles. The van der Waals surface area contributed by atoms with Crippen molar-refractivity contribution in [1.82, 2.24) is 9.55 Å². The minimum atomic E-state index is -0.533. The Morgan fingerprint density at radius 3 is 2.82 bits per heavy atom. The van der Waals surface area contributed by atoms with Gasteiger partial charge in [0.25, 0.3) is 0 Å². The van der Waals surface area contributed by atoms with Gasteiger partial charge in [-0.2, -0.15) is 0 Å². The molecule has 0 saturated heterocycles. The molecule has 1 atom stereocenters. The van der Waals surface area contributed by atoms with Gasteiger partial charge in [0.15, 0.2) is 0 Å². The summed E-state index contributed by atoms with van der Waals surface area (Å²) < 4.78 is 2.74. The third kappa shape index (κ3) is 2.89. The standard InChI is InChI=1S/C12H15ClN2OS/c1-8(2)15-7-14-6-10(15)11(16)5-9-3-4-12(13)17-9/h3-4,6-8,11,16H,5H2,1-2H3.